The number of carbonyl (C=O) groups excluding carboxylic acids is 1. The van der Waals surface area contributed by atoms with Crippen molar-refractivity contribution in [2.24, 2.45) is 5.92 Å². The van der Waals surface area contributed by atoms with Gasteiger partial charge in [0.25, 0.3) is 0 Å². The Labute approximate surface area is 197 Å². The van der Waals surface area contributed by atoms with Crippen molar-refractivity contribution in [2.45, 2.75) is 57.3 Å². The zero-order chi connectivity index (χ0) is 22.4. The van der Waals surface area contributed by atoms with Crippen LogP contribution < -0.4 is 10.1 Å². The van der Waals surface area contributed by atoms with Gasteiger partial charge in [-0.3, -0.25) is 9.69 Å². The van der Waals surface area contributed by atoms with Gasteiger partial charge in [0.05, 0.1) is 5.41 Å². The molecule has 0 bridgehead atoms. The van der Waals surface area contributed by atoms with Crippen LogP contribution >= 0.6 is 11.6 Å². The van der Waals surface area contributed by atoms with Crippen molar-refractivity contribution >= 4 is 23.2 Å². The Bertz CT molecular complexity index is 893. The number of likely N-dealkylation sites (tertiary alicyclic amines) is 1. The van der Waals surface area contributed by atoms with Crippen LogP contribution in [0, 0.1) is 5.92 Å². The standard InChI is InChI=1S/C27H35ClN2O2/c1-21-8-7-17-30(20-21)18-19-32-23-13-11-22(12-14-23)29-26(31)27(15-5-2-6-16-27)24-9-3-4-10-25(24)28/h3-4,9-14,21H,2,5-8,15-20H2,1H3,(H,29,31)/t21-/m0/s1. The third-order valence-corrected chi connectivity index (χ3v) is 7.39. The van der Waals surface area contributed by atoms with E-state index in [0.29, 0.717) is 11.6 Å². The van der Waals surface area contributed by atoms with E-state index in [1.54, 1.807) is 0 Å². The zero-order valence-electron chi connectivity index (χ0n) is 19.1. The molecule has 1 aliphatic carbocycles. The van der Waals surface area contributed by atoms with E-state index in [2.05, 4.69) is 17.1 Å². The average molecular weight is 455 g/mol. The molecule has 1 aliphatic heterocycles. The average Bonchev–Trinajstić information content (AvgIpc) is 2.81. The summed E-state index contributed by atoms with van der Waals surface area (Å²) >= 11 is 6.53. The highest BCUT2D eigenvalue weighted by Gasteiger charge is 2.42. The molecule has 0 spiro atoms. The third kappa shape index (κ3) is 5.47. The van der Waals surface area contributed by atoms with Crippen molar-refractivity contribution in [2.75, 3.05) is 31.6 Å². The number of halogens is 1. The van der Waals surface area contributed by atoms with Crippen molar-refractivity contribution in [3.8, 4) is 5.75 Å². The molecule has 2 fully saturated rings. The Morgan fingerprint density at radius 2 is 1.84 bits per heavy atom. The Morgan fingerprint density at radius 1 is 1.09 bits per heavy atom. The zero-order valence-corrected chi connectivity index (χ0v) is 19.9. The first kappa shape index (κ1) is 23.1. The van der Waals surface area contributed by atoms with E-state index < -0.39 is 5.41 Å². The summed E-state index contributed by atoms with van der Waals surface area (Å²) in [6, 6.07) is 15.5. The summed E-state index contributed by atoms with van der Waals surface area (Å²) in [5, 5.41) is 3.83. The quantitative estimate of drug-likeness (QED) is 0.534. The molecule has 2 aromatic carbocycles. The van der Waals surface area contributed by atoms with Gasteiger partial charge >= 0.3 is 0 Å². The van der Waals surface area contributed by atoms with Gasteiger partial charge in [-0.05, 0) is 74.0 Å². The highest BCUT2D eigenvalue weighted by Crippen LogP contribution is 2.43. The summed E-state index contributed by atoms with van der Waals surface area (Å²) in [6.07, 6.45) is 7.54. The van der Waals surface area contributed by atoms with Crippen LogP contribution in [0.2, 0.25) is 5.02 Å². The molecule has 4 rings (SSSR count). The van der Waals surface area contributed by atoms with Gasteiger partial charge < -0.3 is 10.1 Å². The van der Waals surface area contributed by atoms with E-state index in [9.17, 15) is 4.79 Å². The number of amides is 1. The van der Waals surface area contributed by atoms with Gasteiger partial charge in [-0.25, -0.2) is 0 Å². The van der Waals surface area contributed by atoms with Crippen molar-refractivity contribution in [3.63, 3.8) is 0 Å². The fraction of sp³-hybridized carbons (Fsp3) is 0.519. The fourth-order valence-corrected chi connectivity index (χ4v) is 5.61. The number of benzene rings is 2. The largest absolute Gasteiger partial charge is 0.492 e. The number of nitrogens with zero attached hydrogens (tertiary/aromatic N) is 1. The number of nitrogens with one attached hydrogen (secondary N) is 1. The molecule has 2 aliphatic rings. The van der Waals surface area contributed by atoms with Crippen LogP contribution in [-0.4, -0.2) is 37.0 Å². The topological polar surface area (TPSA) is 41.6 Å². The van der Waals surface area contributed by atoms with Crippen LogP contribution in [0.4, 0.5) is 5.69 Å². The smallest absolute Gasteiger partial charge is 0.235 e. The molecule has 172 valence electrons. The normalized spacial score (nSPS) is 21.1. The molecule has 0 aromatic heterocycles. The number of rotatable bonds is 7. The Morgan fingerprint density at radius 3 is 2.56 bits per heavy atom. The lowest BCUT2D eigenvalue weighted by Gasteiger charge is -2.37. The highest BCUT2D eigenvalue weighted by atomic mass is 35.5. The predicted octanol–water partition coefficient (Wildman–Crippen LogP) is 6.29. The molecule has 5 heteroatoms. The van der Waals surface area contributed by atoms with E-state index in [1.165, 1.54) is 32.4 Å². The molecule has 1 saturated carbocycles. The summed E-state index contributed by atoms with van der Waals surface area (Å²) in [5.74, 6) is 1.66. The van der Waals surface area contributed by atoms with Crippen LogP contribution in [0.15, 0.2) is 48.5 Å². The monoisotopic (exact) mass is 454 g/mol. The molecule has 4 nitrogen and oxygen atoms in total. The van der Waals surface area contributed by atoms with Crippen LogP contribution in [0.3, 0.4) is 0 Å². The molecule has 1 N–H and O–H groups in total. The van der Waals surface area contributed by atoms with Gasteiger partial charge in [-0.1, -0.05) is 56.0 Å². The van der Waals surface area contributed by atoms with Crippen LogP contribution in [0.5, 0.6) is 5.75 Å². The second-order valence-corrected chi connectivity index (χ2v) is 9.90. The van der Waals surface area contributed by atoms with Crippen LogP contribution in [0.25, 0.3) is 0 Å². The van der Waals surface area contributed by atoms with Crippen LogP contribution in [-0.2, 0) is 10.2 Å². The van der Waals surface area contributed by atoms with Crippen molar-refractivity contribution in [1.82, 2.24) is 4.90 Å². The maximum atomic E-state index is 13.5. The molecule has 1 atom stereocenters. The van der Waals surface area contributed by atoms with E-state index in [4.69, 9.17) is 16.3 Å². The van der Waals surface area contributed by atoms with E-state index in [-0.39, 0.29) is 5.91 Å². The third-order valence-electron chi connectivity index (χ3n) is 7.06. The number of hydrogen-bond donors (Lipinski definition) is 1. The second kappa shape index (κ2) is 10.7. The molecule has 32 heavy (non-hydrogen) atoms. The maximum Gasteiger partial charge on any atom is 0.235 e. The minimum absolute atomic E-state index is 0.0400. The predicted molar refractivity (Wildman–Crippen MR) is 132 cm³/mol. The second-order valence-electron chi connectivity index (χ2n) is 9.50. The lowest BCUT2D eigenvalue weighted by molar-refractivity contribution is -0.122. The molecule has 1 amide bonds. The first-order valence-electron chi connectivity index (χ1n) is 12.1. The van der Waals surface area contributed by atoms with E-state index in [0.717, 1.165) is 55.1 Å². The number of piperidine rings is 1. The van der Waals surface area contributed by atoms with Crippen molar-refractivity contribution in [3.05, 3.63) is 59.1 Å². The maximum absolute atomic E-state index is 13.5. The minimum atomic E-state index is -0.558. The molecule has 1 saturated heterocycles. The summed E-state index contributed by atoms with van der Waals surface area (Å²) in [5.41, 5.74) is 1.19. The van der Waals surface area contributed by atoms with Gasteiger partial charge in [-0.15, -0.1) is 0 Å². The van der Waals surface area contributed by atoms with Crippen molar-refractivity contribution in [1.29, 1.82) is 0 Å². The summed E-state index contributed by atoms with van der Waals surface area (Å²) in [7, 11) is 0. The van der Waals surface area contributed by atoms with Gasteiger partial charge in [0.2, 0.25) is 5.91 Å². The lowest BCUT2D eigenvalue weighted by Crippen LogP contribution is -2.42. The summed E-state index contributed by atoms with van der Waals surface area (Å²) in [6.45, 7) is 6.31. The van der Waals surface area contributed by atoms with E-state index in [1.807, 2.05) is 48.5 Å². The minimum Gasteiger partial charge on any atom is -0.492 e. The molecule has 2 aromatic rings. The van der Waals surface area contributed by atoms with E-state index >= 15 is 0 Å². The summed E-state index contributed by atoms with van der Waals surface area (Å²) < 4.78 is 5.95. The first-order chi connectivity index (χ1) is 15.6. The van der Waals surface area contributed by atoms with Gasteiger partial charge in [0.15, 0.2) is 0 Å². The lowest BCUT2D eigenvalue weighted by atomic mass is 9.68. The fourth-order valence-electron chi connectivity index (χ4n) is 5.29. The molecule has 0 unspecified atom stereocenters. The van der Waals surface area contributed by atoms with Gasteiger partial charge in [-0.2, -0.15) is 0 Å². The molecular formula is C27H35ClN2O2. The highest BCUT2D eigenvalue weighted by molar-refractivity contribution is 6.31. The first-order valence-corrected chi connectivity index (χ1v) is 12.5. The van der Waals surface area contributed by atoms with Gasteiger partial charge in [0.1, 0.15) is 12.4 Å². The number of anilines is 1. The number of ether oxygens (including phenoxy) is 1. The van der Waals surface area contributed by atoms with Gasteiger partial charge in [0, 0.05) is 23.8 Å². The molecular weight excluding hydrogens is 420 g/mol. The summed E-state index contributed by atoms with van der Waals surface area (Å²) in [4.78, 5) is 16.0. The van der Waals surface area contributed by atoms with Crippen LogP contribution in [0.1, 0.15) is 57.4 Å². The SMILES string of the molecule is C[C@H]1CCCN(CCOc2ccc(NC(=O)C3(c4ccccc4Cl)CCCCC3)cc2)C1. The molecule has 0 radical (unpaired) electrons. The number of hydrogen-bond acceptors (Lipinski definition) is 3. The number of carbonyl (C=O) groups is 1. The Balaban J connectivity index is 1.36. The Kier molecular flexibility index (Phi) is 7.75. The Hall–Kier alpha value is -2.04. The van der Waals surface area contributed by atoms with Crippen molar-refractivity contribution < 1.29 is 9.53 Å². The molecule has 1 heterocycles.